The molecule has 0 spiro atoms. The van der Waals surface area contributed by atoms with Crippen molar-refractivity contribution in [1.29, 1.82) is 0 Å². The number of guanidine groups is 1. The molecule has 7 N–H and O–H groups in total. The lowest BCUT2D eigenvalue weighted by atomic mass is 10.00. The zero-order valence-electron chi connectivity index (χ0n) is 21.6. The minimum atomic E-state index is -0.737. The highest BCUT2D eigenvalue weighted by Gasteiger charge is 2.63. The Morgan fingerprint density at radius 1 is 1.05 bits per heavy atom. The van der Waals surface area contributed by atoms with Gasteiger partial charge in [0.05, 0.1) is 0 Å². The smallest absolute Gasteiger partial charge is 0.242 e. The van der Waals surface area contributed by atoms with Crippen molar-refractivity contribution in [2.45, 2.75) is 45.3 Å². The molecule has 2 amide bonds. The highest BCUT2D eigenvalue weighted by Crippen LogP contribution is 2.62. The van der Waals surface area contributed by atoms with E-state index in [-0.39, 0.29) is 30.1 Å². The molecule has 2 aliphatic rings. The number of carbonyl (C=O) groups is 2. The van der Waals surface area contributed by atoms with Crippen molar-refractivity contribution in [2.24, 2.45) is 33.7 Å². The minimum Gasteiger partial charge on any atom is -0.508 e. The zero-order valence-corrected chi connectivity index (χ0v) is 21.6. The maximum Gasteiger partial charge on any atom is 0.242 e. The van der Waals surface area contributed by atoms with Gasteiger partial charge in [-0.05, 0) is 53.4 Å². The number of fused-ring (bicyclic) bond motifs is 1. The Hall–Kier alpha value is -3.59. The van der Waals surface area contributed by atoms with Gasteiger partial charge in [0.2, 0.25) is 11.8 Å². The van der Waals surface area contributed by atoms with Gasteiger partial charge in [0.1, 0.15) is 17.8 Å². The van der Waals surface area contributed by atoms with Gasteiger partial charge in [0.25, 0.3) is 0 Å². The Kier molecular flexibility index (Phi) is 8.02. The summed E-state index contributed by atoms with van der Waals surface area (Å²) in [6.07, 6.45) is 0.928. The van der Waals surface area contributed by atoms with Crippen molar-refractivity contribution in [2.75, 3.05) is 19.6 Å². The summed E-state index contributed by atoms with van der Waals surface area (Å²) in [6, 6.07) is 15.2. The van der Waals surface area contributed by atoms with Gasteiger partial charge in [-0.3, -0.25) is 19.5 Å². The summed E-state index contributed by atoms with van der Waals surface area (Å²) in [5.74, 6) is 0.887. The van der Waals surface area contributed by atoms with E-state index in [1.54, 1.807) is 24.3 Å². The largest absolute Gasteiger partial charge is 0.508 e. The third-order valence-corrected chi connectivity index (χ3v) is 7.86. The van der Waals surface area contributed by atoms with E-state index in [1.165, 1.54) is 0 Å². The van der Waals surface area contributed by atoms with Gasteiger partial charge in [0, 0.05) is 26.2 Å². The molecule has 2 aromatic rings. The number of phenolic OH excluding ortho intramolecular Hbond substituents is 1. The third-order valence-electron chi connectivity index (χ3n) is 7.86. The van der Waals surface area contributed by atoms with Crippen LogP contribution >= 0.6 is 0 Å². The molecule has 4 atom stereocenters. The highest BCUT2D eigenvalue weighted by molar-refractivity contribution is 5.90. The van der Waals surface area contributed by atoms with Gasteiger partial charge >= 0.3 is 0 Å². The molecule has 9 heteroatoms. The number of nitrogens with zero attached hydrogens (tertiary/aromatic N) is 2. The summed E-state index contributed by atoms with van der Waals surface area (Å²) < 4.78 is 0. The molecule has 198 valence electrons. The molecule has 9 nitrogen and oxygen atoms in total. The average molecular weight is 507 g/mol. The number of amides is 2. The van der Waals surface area contributed by atoms with Crippen LogP contribution in [0.25, 0.3) is 0 Å². The first-order valence-corrected chi connectivity index (χ1v) is 12.9. The van der Waals surface area contributed by atoms with Crippen LogP contribution in [-0.2, 0) is 16.1 Å². The summed E-state index contributed by atoms with van der Waals surface area (Å²) in [6.45, 7) is 6.98. The quantitative estimate of drug-likeness (QED) is 0.179. The molecule has 2 fully saturated rings. The Morgan fingerprint density at radius 3 is 2.32 bits per heavy atom. The van der Waals surface area contributed by atoms with E-state index >= 15 is 0 Å². The lowest BCUT2D eigenvalue weighted by Gasteiger charge is -2.31. The van der Waals surface area contributed by atoms with Crippen LogP contribution in [-0.4, -0.2) is 53.5 Å². The van der Waals surface area contributed by atoms with Crippen molar-refractivity contribution in [1.82, 2.24) is 15.5 Å². The molecule has 1 heterocycles. The Morgan fingerprint density at radius 2 is 1.70 bits per heavy atom. The number of carbonyl (C=O) groups excluding carboxylic acids is 2. The number of aromatic hydroxyl groups is 1. The fraction of sp³-hybridized carbons (Fsp3) is 0.464. The maximum atomic E-state index is 13.8. The number of piperidine rings is 1. The molecule has 1 aliphatic carbocycles. The van der Waals surface area contributed by atoms with Gasteiger partial charge in [-0.2, -0.15) is 0 Å². The van der Waals surface area contributed by atoms with E-state index in [2.05, 4.69) is 34.4 Å². The van der Waals surface area contributed by atoms with E-state index in [0.29, 0.717) is 36.6 Å². The monoisotopic (exact) mass is 506 g/mol. The van der Waals surface area contributed by atoms with Crippen LogP contribution in [0.2, 0.25) is 0 Å². The lowest BCUT2D eigenvalue weighted by molar-refractivity contribution is -0.132. The fourth-order valence-electron chi connectivity index (χ4n) is 5.49. The summed E-state index contributed by atoms with van der Waals surface area (Å²) in [7, 11) is 0. The lowest BCUT2D eigenvalue weighted by Crippen LogP contribution is -2.50. The minimum absolute atomic E-state index is 0.00275. The number of rotatable bonds is 11. The number of benzene rings is 2. The SMILES string of the molecule is CC1(C)C2CN([C@@H](C(=O)N[C@H](CCCN=C(N)N)C(=O)NCc3ccc(O)cc3)c3ccccc3)CC21. The first-order valence-electron chi connectivity index (χ1n) is 12.9. The van der Waals surface area contributed by atoms with E-state index in [4.69, 9.17) is 11.5 Å². The predicted octanol–water partition coefficient (Wildman–Crippen LogP) is 1.88. The third kappa shape index (κ3) is 6.40. The van der Waals surface area contributed by atoms with Gasteiger partial charge < -0.3 is 27.2 Å². The van der Waals surface area contributed by atoms with E-state index in [0.717, 1.165) is 24.2 Å². The van der Waals surface area contributed by atoms with Crippen molar-refractivity contribution in [3.8, 4) is 5.75 Å². The second-order valence-electron chi connectivity index (χ2n) is 10.7. The van der Waals surface area contributed by atoms with E-state index < -0.39 is 12.1 Å². The second kappa shape index (κ2) is 11.2. The summed E-state index contributed by atoms with van der Waals surface area (Å²) in [4.78, 5) is 33.2. The van der Waals surface area contributed by atoms with Crippen molar-refractivity contribution in [3.05, 3.63) is 65.7 Å². The Bertz CT molecular complexity index is 1100. The average Bonchev–Trinajstić information content (AvgIpc) is 3.18. The molecule has 4 rings (SSSR count). The fourth-order valence-corrected chi connectivity index (χ4v) is 5.49. The normalized spacial score (nSPS) is 21.4. The molecule has 2 unspecified atom stereocenters. The molecular formula is C28H38N6O3. The van der Waals surface area contributed by atoms with Crippen LogP contribution in [0.1, 0.15) is 43.9 Å². The number of hydrogen-bond donors (Lipinski definition) is 5. The molecule has 37 heavy (non-hydrogen) atoms. The van der Waals surface area contributed by atoms with Crippen LogP contribution in [0.4, 0.5) is 0 Å². The number of likely N-dealkylation sites (tertiary alicyclic amines) is 1. The molecule has 0 aromatic heterocycles. The van der Waals surface area contributed by atoms with Crippen molar-refractivity contribution < 1.29 is 14.7 Å². The summed E-state index contributed by atoms with van der Waals surface area (Å²) >= 11 is 0. The van der Waals surface area contributed by atoms with Crippen LogP contribution < -0.4 is 22.1 Å². The Labute approximate surface area is 218 Å². The molecule has 1 saturated carbocycles. The second-order valence-corrected chi connectivity index (χ2v) is 10.7. The van der Waals surface area contributed by atoms with Crippen molar-refractivity contribution in [3.63, 3.8) is 0 Å². The molecule has 2 aromatic carbocycles. The van der Waals surface area contributed by atoms with Gasteiger partial charge in [-0.15, -0.1) is 0 Å². The van der Waals surface area contributed by atoms with Crippen molar-refractivity contribution >= 4 is 17.8 Å². The first kappa shape index (κ1) is 26.5. The molecule has 0 radical (unpaired) electrons. The van der Waals surface area contributed by atoms with Crippen LogP contribution in [0.3, 0.4) is 0 Å². The summed E-state index contributed by atoms with van der Waals surface area (Å²) in [5.41, 5.74) is 13.0. The molecular weight excluding hydrogens is 468 g/mol. The topological polar surface area (TPSA) is 146 Å². The predicted molar refractivity (Wildman–Crippen MR) is 143 cm³/mol. The molecule has 1 saturated heterocycles. The van der Waals surface area contributed by atoms with Crippen LogP contribution in [0, 0.1) is 17.3 Å². The highest BCUT2D eigenvalue weighted by atomic mass is 16.3. The van der Waals surface area contributed by atoms with Crippen LogP contribution in [0.5, 0.6) is 5.75 Å². The van der Waals surface area contributed by atoms with E-state index in [1.807, 2.05) is 30.3 Å². The first-order chi connectivity index (χ1) is 17.7. The number of phenols is 1. The van der Waals surface area contributed by atoms with Gasteiger partial charge in [-0.1, -0.05) is 56.3 Å². The zero-order chi connectivity index (χ0) is 26.6. The van der Waals surface area contributed by atoms with Gasteiger partial charge in [-0.25, -0.2) is 0 Å². The van der Waals surface area contributed by atoms with E-state index in [9.17, 15) is 14.7 Å². The number of nitrogens with two attached hydrogens (primary N) is 2. The number of nitrogens with one attached hydrogen (secondary N) is 2. The standard InChI is InChI=1S/C28H38N6O3/c1-28(2)21-16-34(17-22(21)28)24(19-7-4-3-5-8-19)26(37)33-23(9-6-14-31-27(29)30)25(36)32-15-18-10-12-20(35)13-11-18/h3-5,7-8,10-13,21-24,35H,6,9,14-17H2,1-2H3,(H,32,36)(H,33,37)(H4,29,30,31)/t21?,22?,23-,24-/m1/s1. The number of hydrogen-bond acceptors (Lipinski definition) is 5. The van der Waals surface area contributed by atoms with Gasteiger partial charge in [0.15, 0.2) is 5.96 Å². The van der Waals surface area contributed by atoms with Crippen LogP contribution in [0.15, 0.2) is 59.6 Å². The Balaban J connectivity index is 1.46. The maximum absolute atomic E-state index is 13.8. The molecule has 1 aliphatic heterocycles. The number of aliphatic imine (C=N–C) groups is 1. The molecule has 0 bridgehead atoms. The summed E-state index contributed by atoms with van der Waals surface area (Å²) in [5, 5.41) is 15.4.